The van der Waals surface area contributed by atoms with E-state index < -0.39 is 23.6 Å². The van der Waals surface area contributed by atoms with Crippen LogP contribution in [0.5, 0.6) is 0 Å². The van der Waals surface area contributed by atoms with Crippen molar-refractivity contribution >= 4 is 81.5 Å². The SMILES string of the molecule is Nc1ncc(-c2ccc(C(=O)N3CCCNCC3)cc2)nc1C(=O)Nc1ccccc1.Nc1ncc(-c2ccc(C(=O)N3CCC[C@@H]3CN3CCCC3)cc2)nc1C(=O)Nc1ccccc1.Nc1ncc(-c2ccco2)nc1C(=O)Nc1ccccc1.Nc1ncc(-c2cncnc2)nc1C(=O)Nc1ccccc1.[HH].[HH].[HH].[HH].[HH].[HH].[HH].[HH].[HH]. The van der Waals surface area contributed by atoms with Gasteiger partial charge in [-0.25, -0.2) is 49.8 Å². The summed E-state index contributed by atoms with van der Waals surface area (Å²) in [6.45, 7) is 7.24. The molecule has 0 spiro atoms. The Morgan fingerprint density at radius 2 is 0.817 bits per heavy atom. The number of amides is 6. The zero-order valence-corrected chi connectivity index (χ0v) is 59.2. The minimum absolute atomic E-state index is 0. The predicted octanol–water partition coefficient (Wildman–Crippen LogP) is 12.6. The summed E-state index contributed by atoms with van der Waals surface area (Å²) in [6, 6.07) is 54.6. The minimum atomic E-state index is -0.431. The van der Waals surface area contributed by atoms with Crippen molar-refractivity contribution in [3.63, 3.8) is 0 Å². The van der Waals surface area contributed by atoms with E-state index in [0.29, 0.717) is 74.5 Å². The zero-order chi connectivity index (χ0) is 75.9. The van der Waals surface area contributed by atoms with Crippen molar-refractivity contribution in [3.05, 3.63) is 266 Å². The van der Waals surface area contributed by atoms with Crippen molar-refractivity contribution in [2.75, 3.05) is 96.6 Å². The minimum Gasteiger partial charge on any atom is -0.463 e. The summed E-state index contributed by atoms with van der Waals surface area (Å²) in [4.78, 5) is 124. The number of hydrogen-bond donors (Lipinski definition) is 9. The van der Waals surface area contributed by atoms with Crippen LogP contribution < -0.4 is 49.5 Å². The summed E-state index contributed by atoms with van der Waals surface area (Å²) in [5, 5.41) is 14.3. The molecular formula is C80H96N22O7. The molecule has 3 saturated heterocycles. The van der Waals surface area contributed by atoms with Crippen LogP contribution in [0, 0.1) is 0 Å². The highest BCUT2D eigenvalue weighted by Gasteiger charge is 2.32. The van der Waals surface area contributed by atoms with E-state index in [1.165, 1.54) is 50.2 Å². The van der Waals surface area contributed by atoms with Gasteiger partial charge in [-0.3, -0.25) is 28.8 Å². The third-order valence-corrected chi connectivity index (χ3v) is 17.6. The van der Waals surface area contributed by atoms with E-state index in [1.807, 2.05) is 119 Å². The molecule has 0 unspecified atom stereocenters. The summed E-state index contributed by atoms with van der Waals surface area (Å²) in [5.74, 6) is -0.831. The molecule has 6 aromatic heterocycles. The number of furan rings is 1. The first-order chi connectivity index (χ1) is 53.2. The number of nitrogens with two attached hydrogens (primary N) is 4. The molecule has 3 fully saturated rings. The van der Waals surface area contributed by atoms with Crippen molar-refractivity contribution in [2.45, 2.75) is 38.1 Å². The standard InChI is InChI=1S/C27H30N6O2.C23H24N6O2.C15H12N6O.C15H12N4O2.9H2/c28-25-24(26(34)30-21-7-2-1-3-8-21)31-23(17-29-25)19-10-12-20(13-11-19)27(35)33-16-6-9-22(33)18-32-14-4-5-15-32;24-21-20(22(30)27-18-5-2-1-3-6-18)28-19(15-26-21)16-7-9-17(10-8-16)23(31)29-13-4-11-25-12-14-29;16-14-13(15(22)20-11-4-2-1-3-5-11)21-12(8-19-14)10-6-17-9-18-7-10;16-14-13(15(20)18-10-5-2-1-3-6-10)19-11(9-17-14)12-7-4-8-21-12;;;;;;;;;/h1-3,7-8,10-13,17,22H,4-6,9,14-16,18H2,(H2,28,29)(H,30,34);1-3,5-10,15,25H,4,11-14H2,(H2,24,26)(H,27,30);1-9H,(H2,16,19)(H,20,22);1-9H,(H2,16,17)(H,18,20);9*1H/t22-;;;;;;;;;;;;/m1............/s1. The van der Waals surface area contributed by atoms with Gasteiger partial charge < -0.3 is 68.6 Å². The Kier molecular flexibility index (Phi) is 25.1. The maximum atomic E-state index is 13.3. The van der Waals surface area contributed by atoms with Gasteiger partial charge in [0.25, 0.3) is 35.4 Å². The van der Waals surface area contributed by atoms with E-state index in [0.717, 1.165) is 76.2 Å². The highest BCUT2D eigenvalue weighted by Crippen LogP contribution is 2.28. The topological polar surface area (TPSA) is 418 Å². The number of likely N-dealkylation sites (tertiary alicyclic amines) is 2. The molecule has 29 heteroatoms. The molecule has 12 aromatic rings. The van der Waals surface area contributed by atoms with Gasteiger partial charge in [0.15, 0.2) is 51.8 Å². The highest BCUT2D eigenvalue weighted by molar-refractivity contribution is 6.08. The average Bonchev–Trinajstić information content (AvgIpc) is 1.31. The number of nitrogens with one attached hydrogen (secondary N) is 5. The van der Waals surface area contributed by atoms with Gasteiger partial charge in [-0.1, -0.05) is 97.1 Å². The Balaban J connectivity index is 0.000000404. The molecule has 29 nitrogen and oxygen atoms in total. The first-order valence-electron chi connectivity index (χ1n) is 35.2. The Hall–Kier alpha value is -14.1. The van der Waals surface area contributed by atoms with Gasteiger partial charge in [0.2, 0.25) is 0 Å². The average molecular weight is 1480 g/mol. The van der Waals surface area contributed by atoms with Crippen LogP contribution in [0.25, 0.3) is 45.2 Å². The number of hydrogen-bond acceptors (Lipinski definition) is 23. The molecule has 6 aromatic carbocycles. The molecule has 1 atom stereocenters. The third kappa shape index (κ3) is 20.1. The molecular weight excluding hydrogens is 1380 g/mol. The number of rotatable bonds is 16. The maximum Gasteiger partial charge on any atom is 0.278 e. The molecule has 0 radical (unpaired) electrons. The second kappa shape index (κ2) is 36.6. The molecule has 6 amide bonds. The second-order valence-corrected chi connectivity index (χ2v) is 25.2. The third-order valence-electron chi connectivity index (χ3n) is 17.6. The van der Waals surface area contributed by atoms with Gasteiger partial charge in [0.05, 0.1) is 48.1 Å². The molecule has 13 N–H and O–H groups in total. The summed E-state index contributed by atoms with van der Waals surface area (Å²) < 4.78 is 5.24. The fourth-order valence-corrected chi connectivity index (χ4v) is 12.0. The molecule has 568 valence electrons. The van der Waals surface area contributed by atoms with E-state index in [4.69, 9.17) is 27.4 Å². The fourth-order valence-electron chi connectivity index (χ4n) is 12.0. The van der Waals surface area contributed by atoms with Crippen molar-refractivity contribution in [1.82, 2.24) is 69.9 Å². The normalized spacial score (nSPS) is 13.8. The van der Waals surface area contributed by atoms with E-state index in [9.17, 15) is 28.8 Å². The zero-order valence-electron chi connectivity index (χ0n) is 59.2. The lowest BCUT2D eigenvalue weighted by molar-refractivity contribution is 0.0707. The summed E-state index contributed by atoms with van der Waals surface area (Å²) in [6.07, 6.45) is 17.7. The van der Waals surface area contributed by atoms with Crippen LogP contribution in [0.15, 0.2) is 236 Å². The molecule has 9 heterocycles. The lowest BCUT2D eigenvalue weighted by Crippen LogP contribution is -2.42. The summed E-state index contributed by atoms with van der Waals surface area (Å²) >= 11 is 0. The van der Waals surface area contributed by atoms with Crippen molar-refractivity contribution in [2.24, 2.45) is 0 Å². The number of nitrogens with zero attached hydrogens (tertiary/aromatic N) is 13. The Morgan fingerprint density at radius 1 is 0.413 bits per heavy atom. The first kappa shape index (κ1) is 74.7. The summed E-state index contributed by atoms with van der Waals surface area (Å²) in [5.41, 5.74) is 31.6. The Labute approximate surface area is 640 Å². The molecule has 109 heavy (non-hydrogen) atoms. The van der Waals surface area contributed by atoms with Crippen LogP contribution in [0.4, 0.5) is 46.0 Å². The Bertz CT molecular complexity index is 5110. The van der Waals surface area contributed by atoms with Gasteiger partial charge in [-0.15, -0.1) is 0 Å². The molecule has 0 aliphatic carbocycles. The van der Waals surface area contributed by atoms with Crippen LogP contribution >= 0.6 is 0 Å². The van der Waals surface area contributed by atoms with E-state index in [1.54, 1.807) is 85.2 Å². The largest absolute Gasteiger partial charge is 0.463 e. The second-order valence-electron chi connectivity index (χ2n) is 25.2. The van der Waals surface area contributed by atoms with Crippen molar-refractivity contribution in [1.29, 1.82) is 0 Å². The van der Waals surface area contributed by atoms with Crippen LogP contribution in [-0.4, -0.2) is 158 Å². The molecule has 15 rings (SSSR count). The number of para-hydroxylation sites is 4. The van der Waals surface area contributed by atoms with Crippen LogP contribution in [-0.2, 0) is 0 Å². The van der Waals surface area contributed by atoms with Crippen molar-refractivity contribution in [3.8, 4) is 45.2 Å². The molecule has 3 aliphatic rings. The quantitative estimate of drug-likeness (QED) is 0.0434. The van der Waals surface area contributed by atoms with Gasteiger partial charge in [-0.05, 0) is 137 Å². The lowest BCUT2D eigenvalue weighted by Gasteiger charge is -2.28. The maximum absolute atomic E-state index is 13.3. The van der Waals surface area contributed by atoms with E-state index >= 15 is 0 Å². The van der Waals surface area contributed by atoms with Crippen LogP contribution in [0.3, 0.4) is 0 Å². The van der Waals surface area contributed by atoms with Crippen molar-refractivity contribution < 1.29 is 46.0 Å². The number of anilines is 8. The molecule has 0 saturated carbocycles. The van der Waals surface area contributed by atoms with E-state index in [-0.39, 0.29) is 76.7 Å². The lowest BCUT2D eigenvalue weighted by atomic mass is 10.1. The van der Waals surface area contributed by atoms with Gasteiger partial charge in [0, 0.05) is 115 Å². The van der Waals surface area contributed by atoms with Gasteiger partial charge in [-0.2, -0.15) is 0 Å². The number of carbonyl (C=O) groups is 6. The number of carbonyl (C=O) groups excluding carboxylic acids is 6. The van der Waals surface area contributed by atoms with Crippen LogP contribution in [0.2, 0.25) is 0 Å². The first-order valence-corrected chi connectivity index (χ1v) is 35.2. The molecule has 3 aliphatic heterocycles. The summed E-state index contributed by atoms with van der Waals surface area (Å²) in [7, 11) is 0. The van der Waals surface area contributed by atoms with Gasteiger partial charge in [0.1, 0.15) is 12.0 Å². The highest BCUT2D eigenvalue weighted by atomic mass is 16.3. The predicted molar refractivity (Wildman–Crippen MR) is 435 cm³/mol. The van der Waals surface area contributed by atoms with E-state index in [2.05, 4.69) is 81.3 Å². The number of aromatic nitrogens is 10. The van der Waals surface area contributed by atoms with Gasteiger partial charge >= 0.3 is 0 Å². The number of benzene rings is 6. The van der Waals surface area contributed by atoms with Crippen LogP contribution in [0.1, 0.15) is 108 Å². The smallest absolute Gasteiger partial charge is 0.278 e. The fraction of sp³-hybridized carbons (Fsp3) is 0.175. The number of nitrogen functional groups attached to an aromatic ring is 4. The monoisotopic (exact) mass is 1480 g/mol. The molecule has 0 bridgehead atoms. The Morgan fingerprint density at radius 3 is 1.24 bits per heavy atom.